The van der Waals surface area contributed by atoms with Crippen molar-refractivity contribution in [3.05, 3.63) is 72.6 Å². The number of nitrogens with zero attached hydrogens (tertiary/aromatic N) is 3. The third-order valence-corrected chi connectivity index (χ3v) is 4.88. The van der Waals surface area contributed by atoms with E-state index >= 15 is 0 Å². The zero-order valence-electron chi connectivity index (χ0n) is 16.3. The summed E-state index contributed by atoms with van der Waals surface area (Å²) in [5.41, 5.74) is 2.26. The number of anilines is 2. The van der Waals surface area contributed by atoms with Gasteiger partial charge < -0.3 is 19.7 Å². The average molecular weight is 392 g/mol. The van der Waals surface area contributed by atoms with Gasteiger partial charge in [-0.3, -0.25) is 9.48 Å². The van der Waals surface area contributed by atoms with Crippen LogP contribution in [0.1, 0.15) is 10.4 Å². The van der Waals surface area contributed by atoms with Crippen molar-refractivity contribution in [3.63, 3.8) is 0 Å². The Morgan fingerprint density at radius 1 is 1.24 bits per heavy atom. The minimum Gasteiger partial charge on any atom is -0.497 e. The number of benzene rings is 2. The molecule has 29 heavy (non-hydrogen) atoms. The van der Waals surface area contributed by atoms with Crippen LogP contribution < -0.4 is 10.1 Å². The van der Waals surface area contributed by atoms with Gasteiger partial charge in [-0.15, -0.1) is 0 Å². The number of hydrogen-bond donors (Lipinski definition) is 1. The molecule has 3 aromatic rings. The highest BCUT2D eigenvalue weighted by Gasteiger charge is 2.26. The predicted octanol–water partition coefficient (Wildman–Crippen LogP) is 3.18. The molecule has 1 aliphatic heterocycles. The number of methoxy groups -OCH3 is 1. The molecule has 4 rings (SSSR count). The van der Waals surface area contributed by atoms with Gasteiger partial charge in [0, 0.05) is 37.2 Å². The van der Waals surface area contributed by atoms with Crippen molar-refractivity contribution in [2.45, 2.75) is 12.6 Å². The summed E-state index contributed by atoms with van der Waals surface area (Å²) in [4.78, 5) is 15.1. The van der Waals surface area contributed by atoms with E-state index in [0.29, 0.717) is 31.8 Å². The largest absolute Gasteiger partial charge is 0.497 e. The molecule has 1 amide bonds. The van der Waals surface area contributed by atoms with Crippen molar-refractivity contribution >= 4 is 17.3 Å². The minimum atomic E-state index is -0.0777. The molecule has 1 aliphatic rings. The van der Waals surface area contributed by atoms with E-state index in [1.54, 1.807) is 13.3 Å². The molecule has 7 heteroatoms. The fourth-order valence-corrected chi connectivity index (χ4v) is 3.44. The summed E-state index contributed by atoms with van der Waals surface area (Å²) in [5, 5.41) is 7.57. The Hall–Kier alpha value is -3.32. The molecule has 1 saturated heterocycles. The van der Waals surface area contributed by atoms with Gasteiger partial charge in [-0.05, 0) is 30.3 Å². The highest BCUT2D eigenvalue weighted by molar-refractivity contribution is 6.00. The van der Waals surface area contributed by atoms with Crippen LogP contribution in [-0.4, -0.2) is 53.5 Å². The Bertz CT molecular complexity index is 958. The molecule has 0 aliphatic carbocycles. The number of morpholine rings is 1. The summed E-state index contributed by atoms with van der Waals surface area (Å²) in [6.45, 7) is 2.25. The third-order valence-electron chi connectivity index (χ3n) is 4.88. The van der Waals surface area contributed by atoms with Gasteiger partial charge >= 0.3 is 0 Å². The van der Waals surface area contributed by atoms with E-state index in [0.717, 1.165) is 17.1 Å². The number of carbonyl (C=O) groups is 1. The summed E-state index contributed by atoms with van der Waals surface area (Å²) < 4.78 is 12.9. The van der Waals surface area contributed by atoms with Crippen LogP contribution in [0.2, 0.25) is 0 Å². The molecule has 1 unspecified atom stereocenters. The highest BCUT2D eigenvalue weighted by atomic mass is 16.5. The van der Waals surface area contributed by atoms with Gasteiger partial charge in [0.2, 0.25) is 0 Å². The lowest BCUT2D eigenvalue weighted by Gasteiger charge is -2.33. The lowest BCUT2D eigenvalue weighted by molar-refractivity contribution is -0.0299. The van der Waals surface area contributed by atoms with Gasteiger partial charge in [-0.2, -0.15) is 5.10 Å². The first kappa shape index (κ1) is 19.0. The van der Waals surface area contributed by atoms with Crippen molar-refractivity contribution < 1.29 is 14.3 Å². The first-order chi connectivity index (χ1) is 14.2. The van der Waals surface area contributed by atoms with E-state index < -0.39 is 0 Å². The maximum Gasteiger partial charge on any atom is 0.256 e. The fourth-order valence-electron chi connectivity index (χ4n) is 3.44. The topological polar surface area (TPSA) is 68.6 Å². The molecular weight excluding hydrogens is 368 g/mol. The number of hydrogen-bond acceptors (Lipinski definition) is 5. The standard InChI is InChI=1S/C22H24N4O3/c1-28-18-7-4-6-17(14-18)24-21-9-3-2-8-20(21)22(27)25-12-13-29-19(15-25)16-26-11-5-10-23-26/h2-11,14,19,24H,12-13,15-16H2,1H3. The smallest absolute Gasteiger partial charge is 0.256 e. The van der Waals surface area contributed by atoms with Crippen LogP contribution >= 0.6 is 0 Å². The first-order valence-electron chi connectivity index (χ1n) is 9.61. The highest BCUT2D eigenvalue weighted by Crippen LogP contribution is 2.25. The number of ether oxygens (including phenoxy) is 2. The second kappa shape index (κ2) is 8.79. The van der Waals surface area contributed by atoms with E-state index in [1.807, 2.05) is 70.4 Å². The quantitative estimate of drug-likeness (QED) is 0.698. The number of amides is 1. The van der Waals surface area contributed by atoms with Gasteiger partial charge in [0.05, 0.1) is 37.6 Å². The Morgan fingerprint density at radius 3 is 2.97 bits per heavy atom. The van der Waals surface area contributed by atoms with Gasteiger partial charge in [-0.25, -0.2) is 0 Å². The van der Waals surface area contributed by atoms with Crippen LogP contribution in [-0.2, 0) is 11.3 Å². The molecule has 150 valence electrons. The fraction of sp³-hybridized carbons (Fsp3) is 0.273. The lowest BCUT2D eigenvalue weighted by Crippen LogP contribution is -2.47. The zero-order chi connectivity index (χ0) is 20.1. The van der Waals surface area contributed by atoms with Crippen molar-refractivity contribution in [3.8, 4) is 5.75 Å². The van der Waals surface area contributed by atoms with E-state index in [4.69, 9.17) is 9.47 Å². The molecule has 7 nitrogen and oxygen atoms in total. The van der Waals surface area contributed by atoms with Crippen molar-refractivity contribution in [2.24, 2.45) is 0 Å². The van der Waals surface area contributed by atoms with Crippen LogP contribution in [0.5, 0.6) is 5.75 Å². The number of para-hydroxylation sites is 1. The van der Waals surface area contributed by atoms with Crippen LogP contribution in [0.25, 0.3) is 0 Å². The summed E-state index contributed by atoms with van der Waals surface area (Å²) in [5.74, 6) is 0.748. The maximum atomic E-state index is 13.3. The van der Waals surface area contributed by atoms with Gasteiger partial charge in [-0.1, -0.05) is 18.2 Å². The molecule has 0 spiro atoms. The summed E-state index contributed by atoms with van der Waals surface area (Å²) in [6.07, 6.45) is 3.56. The van der Waals surface area contributed by atoms with Crippen LogP contribution in [0.15, 0.2) is 67.0 Å². The second-order valence-corrected chi connectivity index (χ2v) is 6.87. The van der Waals surface area contributed by atoms with Gasteiger partial charge in [0.15, 0.2) is 0 Å². The normalized spacial score (nSPS) is 16.4. The van der Waals surface area contributed by atoms with E-state index in [2.05, 4.69) is 10.4 Å². The molecule has 1 fully saturated rings. The third kappa shape index (κ3) is 4.57. The molecular formula is C22H24N4O3. The molecule has 1 atom stereocenters. The maximum absolute atomic E-state index is 13.3. The predicted molar refractivity (Wildman–Crippen MR) is 111 cm³/mol. The van der Waals surface area contributed by atoms with E-state index in [9.17, 15) is 4.79 Å². The Balaban J connectivity index is 1.49. The summed E-state index contributed by atoms with van der Waals surface area (Å²) >= 11 is 0. The van der Waals surface area contributed by atoms with Gasteiger partial charge in [0.1, 0.15) is 5.75 Å². The van der Waals surface area contributed by atoms with E-state index in [1.165, 1.54) is 0 Å². The zero-order valence-corrected chi connectivity index (χ0v) is 16.3. The Kier molecular flexibility index (Phi) is 5.76. The Morgan fingerprint density at radius 2 is 2.14 bits per heavy atom. The number of rotatable bonds is 6. The average Bonchev–Trinajstić information content (AvgIpc) is 3.27. The number of nitrogens with one attached hydrogen (secondary N) is 1. The SMILES string of the molecule is COc1cccc(Nc2ccccc2C(=O)N2CCOC(Cn3cccn3)C2)c1. The summed E-state index contributed by atoms with van der Waals surface area (Å²) in [7, 11) is 1.63. The number of aromatic nitrogens is 2. The van der Waals surface area contributed by atoms with Gasteiger partial charge in [0.25, 0.3) is 5.91 Å². The van der Waals surface area contributed by atoms with Crippen LogP contribution in [0.4, 0.5) is 11.4 Å². The van der Waals surface area contributed by atoms with Crippen LogP contribution in [0.3, 0.4) is 0 Å². The molecule has 0 saturated carbocycles. The first-order valence-corrected chi connectivity index (χ1v) is 9.61. The number of carbonyl (C=O) groups excluding carboxylic acids is 1. The Labute approximate surface area is 169 Å². The minimum absolute atomic E-state index is 0.00948. The second-order valence-electron chi connectivity index (χ2n) is 6.87. The molecule has 2 heterocycles. The lowest BCUT2D eigenvalue weighted by atomic mass is 10.1. The molecule has 1 aromatic heterocycles. The van der Waals surface area contributed by atoms with Crippen molar-refractivity contribution in [1.29, 1.82) is 0 Å². The molecule has 0 bridgehead atoms. The van der Waals surface area contributed by atoms with Crippen molar-refractivity contribution in [1.82, 2.24) is 14.7 Å². The molecule has 0 radical (unpaired) electrons. The monoisotopic (exact) mass is 392 g/mol. The molecule has 2 aromatic carbocycles. The summed E-state index contributed by atoms with van der Waals surface area (Å²) in [6, 6.07) is 17.1. The van der Waals surface area contributed by atoms with E-state index in [-0.39, 0.29) is 12.0 Å². The molecule has 1 N–H and O–H groups in total. The van der Waals surface area contributed by atoms with Crippen LogP contribution in [0, 0.1) is 0 Å². The van der Waals surface area contributed by atoms with Crippen molar-refractivity contribution in [2.75, 3.05) is 32.1 Å².